The van der Waals surface area contributed by atoms with Crippen LogP contribution < -0.4 is 15.6 Å². The van der Waals surface area contributed by atoms with Crippen molar-refractivity contribution in [1.82, 2.24) is 0 Å². The average Bonchev–Trinajstić information content (AvgIpc) is 2.55. The second kappa shape index (κ2) is 7.52. The second-order valence-electron chi connectivity index (χ2n) is 5.06. The molecule has 3 N–H and O–H groups in total. The van der Waals surface area contributed by atoms with Crippen molar-refractivity contribution in [1.29, 1.82) is 0 Å². The molecule has 0 saturated heterocycles. The first-order chi connectivity index (χ1) is 10.6. The smallest absolute Gasteiger partial charge is 0.119 e. The number of ether oxygens (including phenoxy) is 1. The van der Waals surface area contributed by atoms with Crippen LogP contribution in [-0.2, 0) is 0 Å². The van der Waals surface area contributed by atoms with Crippen LogP contribution in [0.2, 0.25) is 0 Å². The predicted molar refractivity (Wildman–Crippen MR) is 90.7 cm³/mol. The van der Waals surface area contributed by atoms with Crippen molar-refractivity contribution >= 4 is 11.4 Å². The van der Waals surface area contributed by atoms with E-state index < -0.39 is 0 Å². The van der Waals surface area contributed by atoms with E-state index in [9.17, 15) is 5.11 Å². The first-order valence-electron chi connectivity index (χ1n) is 7.38. The Morgan fingerprint density at radius 3 is 2.36 bits per heavy atom. The molecule has 0 heterocycles. The lowest BCUT2D eigenvalue weighted by atomic mass is 10.1. The van der Waals surface area contributed by atoms with Gasteiger partial charge in [-0.15, -0.1) is 0 Å². The average molecular weight is 298 g/mol. The lowest BCUT2D eigenvalue weighted by Crippen LogP contribution is -2.28. The van der Waals surface area contributed by atoms with Gasteiger partial charge >= 0.3 is 0 Å². The Balaban J connectivity index is 2.04. The number of anilines is 1. The van der Waals surface area contributed by atoms with Crippen LogP contribution in [0.25, 0.3) is 5.70 Å². The molecule has 0 spiro atoms. The van der Waals surface area contributed by atoms with Gasteiger partial charge in [-0.05, 0) is 60.5 Å². The zero-order valence-corrected chi connectivity index (χ0v) is 12.8. The molecular formula is C18H22N2O2. The van der Waals surface area contributed by atoms with Gasteiger partial charge in [-0.25, -0.2) is 5.84 Å². The Hall–Kier alpha value is -2.46. The van der Waals surface area contributed by atoms with Crippen LogP contribution >= 0.6 is 0 Å². The SMILES string of the molecule is C=C(c1ccc(OCCCC)cc1)N(N)c1ccc(O)cc1. The van der Waals surface area contributed by atoms with Gasteiger partial charge in [0, 0.05) is 0 Å². The highest BCUT2D eigenvalue weighted by atomic mass is 16.5. The minimum Gasteiger partial charge on any atom is -0.508 e. The van der Waals surface area contributed by atoms with E-state index in [0.717, 1.165) is 36.4 Å². The molecule has 0 amide bonds. The number of benzene rings is 2. The topological polar surface area (TPSA) is 58.7 Å². The van der Waals surface area contributed by atoms with Gasteiger partial charge in [0.15, 0.2) is 0 Å². The number of phenolic OH excluding ortho intramolecular Hbond substituents is 1. The summed E-state index contributed by atoms with van der Waals surface area (Å²) < 4.78 is 5.64. The van der Waals surface area contributed by atoms with Crippen molar-refractivity contribution in [3.63, 3.8) is 0 Å². The molecule has 0 aromatic heterocycles. The largest absolute Gasteiger partial charge is 0.508 e. The summed E-state index contributed by atoms with van der Waals surface area (Å²) in [5, 5.41) is 10.8. The van der Waals surface area contributed by atoms with E-state index in [1.54, 1.807) is 24.3 Å². The van der Waals surface area contributed by atoms with E-state index in [0.29, 0.717) is 5.70 Å². The molecule has 0 aliphatic rings. The highest BCUT2D eigenvalue weighted by Gasteiger charge is 2.08. The zero-order valence-electron chi connectivity index (χ0n) is 12.8. The van der Waals surface area contributed by atoms with E-state index in [4.69, 9.17) is 10.6 Å². The first kappa shape index (κ1) is 15.9. The molecule has 0 bridgehead atoms. The number of phenols is 1. The lowest BCUT2D eigenvalue weighted by molar-refractivity contribution is 0.309. The Bertz CT molecular complexity index is 606. The molecule has 4 heteroatoms. The molecular weight excluding hydrogens is 276 g/mol. The minimum absolute atomic E-state index is 0.205. The monoisotopic (exact) mass is 298 g/mol. The molecule has 2 aromatic rings. The van der Waals surface area contributed by atoms with Gasteiger partial charge in [-0.2, -0.15) is 0 Å². The maximum atomic E-state index is 9.32. The van der Waals surface area contributed by atoms with Gasteiger partial charge in [-0.1, -0.05) is 19.9 Å². The number of hydrazine groups is 1. The fraction of sp³-hybridized carbons (Fsp3) is 0.222. The van der Waals surface area contributed by atoms with Crippen LogP contribution in [0.5, 0.6) is 11.5 Å². The van der Waals surface area contributed by atoms with Crippen LogP contribution in [-0.4, -0.2) is 11.7 Å². The number of rotatable bonds is 7. The molecule has 0 radical (unpaired) electrons. The Morgan fingerprint density at radius 2 is 1.77 bits per heavy atom. The molecule has 4 nitrogen and oxygen atoms in total. The van der Waals surface area contributed by atoms with Crippen LogP contribution in [0.1, 0.15) is 25.3 Å². The number of unbranched alkanes of at least 4 members (excludes halogenated alkanes) is 1. The van der Waals surface area contributed by atoms with E-state index in [1.165, 1.54) is 5.01 Å². The molecule has 0 aliphatic carbocycles. The maximum absolute atomic E-state index is 9.32. The van der Waals surface area contributed by atoms with Gasteiger partial charge in [0.1, 0.15) is 11.5 Å². The van der Waals surface area contributed by atoms with Gasteiger partial charge < -0.3 is 9.84 Å². The summed E-state index contributed by atoms with van der Waals surface area (Å²) in [7, 11) is 0. The zero-order chi connectivity index (χ0) is 15.9. The second-order valence-corrected chi connectivity index (χ2v) is 5.06. The minimum atomic E-state index is 0.205. The van der Waals surface area contributed by atoms with Gasteiger partial charge in [0.2, 0.25) is 0 Å². The molecule has 0 fully saturated rings. The van der Waals surface area contributed by atoms with Crippen molar-refractivity contribution in [2.45, 2.75) is 19.8 Å². The summed E-state index contributed by atoms with van der Waals surface area (Å²) in [5.41, 5.74) is 2.34. The fourth-order valence-corrected chi connectivity index (χ4v) is 1.99. The Labute approximate surface area is 131 Å². The summed E-state index contributed by atoms with van der Waals surface area (Å²) in [5.74, 6) is 7.13. The molecule has 0 aliphatic heterocycles. The summed E-state index contributed by atoms with van der Waals surface area (Å²) in [6, 6.07) is 14.4. The van der Waals surface area contributed by atoms with Gasteiger partial charge in [0.25, 0.3) is 0 Å². The van der Waals surface area contributed by atoms with Crippen LogP contribution in [0, 0.1) is 0 Å². The number of nitrogens with zero attached hydrogens (tertiary/aromatic N) is 1. The quantitative estimate of drug-likeness (QED) is 0.462. The van der Waals surface area contributed by atoms with Gasteiger partial charge in [-0.3, -0.25) is 5.01 Å². The van der Waals surface area contributed by atoms with Crippen LogP contribution in [0.3, 0.4) is 0 Å². The third-order valence-electron chi connectivity index (χ3n) is 3.37. The maximum Gasteiger partial charge on any atom is 0.119 e. The van der Waals surface area contributed by atoms with E-state index in [-0.39, 0.29) is 5.75 Å². The molecule has 22 heavy (non-hydrogen) atoms. The number of hydrogen-bond donors (Lipinski definition) is 2. The summed E-state index contributed by atoms with van der Waals surface area (Å²) in [4.78, 5) is 0. The third-order valence-corrected chi connectivity index (χ3v) is 3.37. The highest BCUT2D eigenvalue weighted by Crippen LogP contribution is 2.25. The van der Waals surface area contributed by atoms with E-state index in [2.05, 4.69) is 13.5 Å². The highest BCUT2D eigenvalue weighted by molar-refractivity contribution is 5.76. The van der Waals surface area contributed by atoms with Crippen LogP contribution in [0.4, 0.5) is 5.69 Å². The van der Waals surface area contributed by atoms with E-state index in [1.807, 2.05) is 24.3 Å². The molecule has 2 rings (SSSR count). The van der Waals surface area contributed by atoms with Crippen molar-refractivity contribution in [2.24, 2.45) is 5.84 Å². The van der Waals surface area contributed by atoms with E-state index >= 15 is 0 Å². The molecule has 116 valence electrons. The number of aromatic hydroxyl groups is 1. The molecule has 0 unspecified atom stereocenters. The Kier molecular flexibility index (Phi) is 5.44. The molecule has 0 atom stereocenters. The summed E-state index contributed by atoms with van der Waals surface area (Å²) in [6.45, 7) is 6.89. The lowest BCUT2D eigenvalue weighted by Gasteiger charge is -2.21. The first-order valence-corrected chi connectivity index (χ1v) is 7.38. The normalized spacial score (nSPS) is 10.3. The fourth-order valence-electron chi connectivity index (χ4n) is 1.99. The summed E-state index contributed by atoms with van der Waals surface area (Å²) >= 11 is 0. The Morgan fingerprint density at radius 1 is 1.14 bits per heavy atom. The van der Waals surface area contributed by atoms with Crippen molar-refractivity contribution in [2.75, 3.05) is 11.6 Å². The summed E-state index contributed by atoms with van der Waals surface area (Å²) in [6.07, 6.45) is 2.16. The standard InChI is InChI=1S/C18H22N2O2/c1-3-4-13-22-18-11-5-15(6-12-18)14(2)20(19)16-7-9-17(21)10-8-16/h5-12,21H,2-4,13,19H2,1H3. The van der Waals surface area contributed by atoms with Crippen molar-refractivity contribution in [3.05, 3.63) is 60.7 Å². The molecule has 2 aromatic carbocycles. The molecule has 0 saturated carbocycles. The van der Waals surface area contributed by atoms with Crippen molar-refractivity contribution < 1.29 is 9.84 Å². The number of nitrogens with two attached hydrogens (primary N) is 1. The van der Waals surface area contributed by atoms with Crippen LogP contribution in [0.15, 0.2) is 55.1 Å². The number of hydrogen-bond acceptors (Lipinski definition) is 4. The predicted octanol–water partition coefficient (Wildman–Crippen LogP) is 3.92. The van der Waals surface area contributed by atoms with Gasteiger partial charge in [0.05, 0.1) is 18.0 Å². The third kappa shape index (κ3) is 4.02. The van der Waals surface area contributed by atoms with Crippen molar-refractivity contribution in [3.8, 4) is 11.5 Å².